The normalized spacial score (nSPS) is 11.2. The quantitative estimate of drug-likeness (QED) is 0.432. The number of pyridine rings is 1. The van der Waals surface area contributed by atoms with E-state index in [9.17, 15) is 13.6 Å². The Morgan fingerprint density at radius 3 is 2.69 bits per heavy atom. The van der Waals surface area contributed by atoms with Crippen LogP contribution in [0.3, 0.4) is 0 Å². The Balaban J connectivity index is 1.57. The standard InChI is InChI=1S/C20H14F2N2O5/c1-11-17-14(9-15(16-3-2-8-26-16)23-18(17)29-24-11)19(25)27-10-12-4-6-13(7-5-12)28-20(21)22/h2-9,20H,10H2,1H3. The smallest absolute Gasteiger partial charge is 0.387 e. The van der Waals surface area contributed by atoms with Crippen molar-refractivity contribution >= 4 is 17.1 Å². The lowest BCUT2D eigenvalue weighted by Gasteiger charge is -2.08. The fourth-order valence-corrected chi connectivity index (χ4v) is 2.80. The van der Waals surface area contributed by atoms with Gasteiger partial charge in [-0.3, -0.25) is 0 Å². The van der Waals surface area contributed by atoms with Crippen molar-refractivity contribution in [1.82, 2.24) is 10.1 Å². The van der Waals surface area contributed by atoms with Gasteiger partial charge in [0, 0.05) is 0 Å². The Hall–Kier alpha value is -3.75. The maximum absolute atomic E-state index is 12.7. The molecule has 0 bridgehead atoms. The number of aryl methyl sites for hydroxylation is 1. The summed E-state index contributed by atoms with van der Waals surface area (Å²) in [5.41, 5.74) is 1.94. The van der Waals surface area contributed by atoms with Gasteiger partial charge in [-0.15, -0.1) is 0 Å². The van der Waals surface area contributed by atoms with Gasteiger partial charge in [0.15, 0.2) is 5.76 Å². The first kappa shape index (κ1) is 18.6. The number of fused-ring (bicyclic) bond motifs is 1. The molecule has 0 fully saturated rings. The Morgan fingerprint density at radius 1 is 1.21 bits per heavy atom. The zero-order chi connectivity index (χ0) is 20.4. The van der Waals surface area contributed by atoms with Crippen molar-refractivity contribution in [3.05, 3.63) is 65.5 Å². The van der Waals surface area contributed by atoms with Crippen LogP contribution >= 0.6 is 0 Å². The summed E-state index contributed by atoms with van der Waals surface area (Å²) < 4.78 is 44.6. The Kier molecular flexibility index (Phi) is 4.94. The number of carbonyl (C=O) groups excluding carboxylic acids is 1. The number of furan rings is 1. The fraction of sp³-hybridized carbons (Fsp3) is 0.150. The molecule has 0 saturated heterocycles. The second-order valence-corrected chi connectivity index (χ2v) is 6.08. The predicted molar refractivity (Wildman–Crippen MR) is 96.4 cm³/mol. The highest BCUT2D eigenvalue weighted by Crippen LogP contribution is 2.28. The summed E-state index contributed by atoms with van der Waals surface area (Å²) in [6.45, 7) is -1.26. The van der Waals surface area contributed by atoms with Crippen molar-refractivity contribution in [2.45, 2.75) is 20.1 Å². The van der Waals surface area contributed by atoms with Crippen LogP contribution in [0.1, 0.15) is 21.6 Å². The van der Waals surface area contributed by atoms with E-state index in [2.05, 4.69) is 14.9 Å². The molecule has 3 heterocycles. The zero-order valence-corrected chi connectivity index (χ0v) is 15.1. The minimum Gasteiger partial charge on any atom is -0.463 e. The molecule has 4 aromatic rings. The number of hydrogen-bond acceptors (Lipinski definition) is 7. The van der Waals surface area contributed by atoms with E-state index in [1.807, 2.05) is 0 Å². The number of hydrogen-bond donors (Lipinski definition) is 0. The van der Waals surface area contributed by atoms with E-state index in [-0.39, 0.29) is 23.6 Å². The molecule has 9 heteroatoms. The molecule has 3 aromatic heterocycles. The molecule has 4 rings (SSSR count). The fourth-order valence-electron chi connectivity index (χ4n) is 2.80. The van der Waals surface area contributed by atoms with E-state index in [1.54, 1.807) is 25.1 Å². The Morgan fingerprint density at radius 2 is 2.00 bits per heavy atom. The molecular weight excluding hydrogens is 386 g/mol. The highest BCUT2D eigenvalue weighted by molar-refractivity contribution is 6.04. The average molecular weight is 400 g/mol. The highest BCUT2D eigenvalue weighted by Gasteiger charge is 2.21. The summed E-state index contributed by atoms with van der Waals surface area (Å²) in [5.74, 6) is -0.122. The van der Waals surface area contributed by atoms with Crippen molar-refractivity contribution in [2.75, 3.05) is 0 Å². The number of alkyl halides is 2. The third kappa shape index (κ3) is 3.93. The minimum atomic E-state index is -2.90. The van der Waals surface area contributed by atoms with Crippen LogP contribution < -0.4 is 4.74 Å². The van der Waals surface area contributed by atoms with Gasteiger partial charge in [0.05, 0.1) is 22.9 Å². The maximum Gasteiger partial charge on any atom is 0.387 e. The maximum atomic E-state index is 12.7. The monoisotopic (exact) mass is 400 g/mol. The summed E-state index contributed by atoms with van der Waals surface area (Å²) in [6, 6.07) is 10.8. The molecule has 0 amide bonds. The van der Waals surface area contributed by atoms with Crippen molar-refractivity contribution in [1.29, 1.82) is 0 Å². The first-order valence-corrected chi connectivity index (χ1v) is 8.53. The molecule has 0 aliphatic carbocycles. The van der Waals surface area contributed by atoms with E-state index >= 15 is 0 Å². The van der Waals surface area contributed by atoms with E-state index < -0.39 is 12.6 Å². The predicted octanol–water partition coefficient (Wildman–Crippen LogP) is 4.75. The lowest BCUT2D eigenvalue weighted by Crippen LogP contribution is -2.07. The molecule has 0 atom stereocenters. The molecule has 0 aliphatic rings. The van der Waals surface area contributed by atoms with Crippen LogP contribution in [-0.4, -0.2) is 22.7 Å². The molecule has 0 spiro atoms. The SMILES string of the molecule is Cc1noc2nc(-c3ccco3)cc(C(=O)OCc3ccc(OC(F)F)cc3)c12. The number of nitrogens with zero attached hydrogens (tertiary/aromatic N) is 2. The van der Waals surface area contributed by atoms with Gasteiger partial charge in [-0.2, -0.15) is 8.78 Å². The van der Waals surface area contributed by atoms with Gasteiger partial charge in [-0.05, 0) is 42.8 Å². The van der Waals surface area contributed by atoms with Crippen molar-refractivity contribution in [3.63, 3.8) is 0 Å². The van der Waals surface area contributed by atoms with Gasteiger partial charge < -0.3 is 18.4 Å². The first-order chi connectivity index (χ1) is 14.0. The summed E-state index contributed by atoms with van der Waals surface area (Å²) >= 11 is 0. The van der Waals surface area contributed by atoms with Crippen molar-refractivity contribution in [2.24, 2.45) is 0 Å². The topological polar surface area (TPSA) is 87.6 Å². The summed E-state index contributed by atoms with van der Waals surface area (Å²) in [7, 11) is 0. The molecule has 1 aromatic carbocycles. The Labute approximate surface area is 162 Å². The molecule has 7 nitrogen and oxygen atoms in total. The Bertz CT molecular complexity index is 1140. The van der Waals surface area contributed by atoms with Crippen molar-refractivity contribution < 1.29 is 32.0 Å². The molecule has 0 unspecified atom stereocenters. The molecule has 29 heavy (non-hydrogen) atoms. The molecule has 148 valence electrons. The first-order valence-electron chi connectivity index (χ1n) is 8.53. The third-order valence-corrected chi connectivity index (χ3v) is 4.13. The highest BCUT2D eigenvalue weighted by atomic mass is 19.3. The van der Waals surface area contributed by atoms with E-state index in [0.29, 0.717) is 28.1 Å². The second kappa shape index (κ2) is 7.70. The van der Waals surface area contributed by atoms with Crippen LogP contribution in [0.4, 0.5) is 8.78 Å². The minimum absolute atomic E-state index is 0.0223. The average Bonchev–Trinajstić information content (AvgIpc) is 3.36. The zero-order valence-electron chi connectivity index (χ0n) is 15.1. The van der Waals surface area contributed by atoms with Gasteiger partial charge >= 0.3 is 12.6 Å². The van der Waals surface area contributed by atoms with Crippen LogP contribution in [0.2, 0.25) is 0 Å². The summed E-state index contributed by atoms with van der Waals surface area (Å²) in [4.78, 5) is 17.1. The van der Waals surface area contributed by atoms with Crippen LogP contribution in [0, 0.1) is 6.92 Å². The molecular formula is C20H14F2N2O5. The largest absolute Gasteiger partial charge is 0.463 e. The van der Waals surface area contributed by atoms with Crippen LogP contribution in [0.5, 0.6) is 5.75 Å². The van der Waals surface area contributed by atoms with Gasteiger partial charge in [0.1, 0.15) is 18.1 Å². The number of halogens is 2. The third-order valence-electron chi connectivity index (χ3n) is 4.13. The lowest BCUT2D eigenvalue weighted by atomic mass is 10.1. The second-order valence-electron chi connectivity index (χ2n) is 6.08. The number of rotatable bonds is 6. The number of carbonyl (C=O) groups is 1. The van der Waals surface area contributed by atoms with Crippen LogP contribution in [0.15, 0.2) is 57.7 Å². The number of ether oxygens (including phenoxy) is 2. The van der Waals surface area contributed by atoms with E-state index in [1.165, 1.54) is 30.5 Å². The number of benzene rings is 1. The molecule has 0 N–H and O–H groups in total. The summed E-state index contributed by atoms with van der Waals surface area (Å²) in [5, 5.41) is 4.31. The van der Waals surface area contributed by atoms with Gasteiger partial charge in [-0.1, -0.05) is 17.3 Å². The van der Waals surface area contributed by atoms with Gasteiger partial charge in [0.25, 0.3) is 5.71 Å². The summed E-state index contributed by atoms with van der Waals surface area (Å²) in [6.07, 6.45) is 1.49. The lowest BCUT2D eigenvalue weighted by molar-refractivity contribution is -0.0498. The van der Waals surface area contributed by atoms with E-state index in [0.717, 1.165) is 0 Å². The molecule has 0 radical (unpaired) electrons. The van der Waals surface area contributed by atoms with E-state index in [4.69, 9.17) is 13.7 Å². The molecule has 0 saturated carbocycles. The van der Waals surface area contributed by atoms with Crippen molar-refractivity contribution in [3.8, 4) is 17.2 Å². The van der Waals surface area contributed by atoms with Gasteiger partial charge in [-0.25, -0.2) is 9.78 Å². The van der Waals surface area contributed by atoms with Crippen LogP contribution in [-0.2, 0) is 11.3 Å². The van der Waals surface area contributed by atoms with Gasteiger partial charge in [0.2, 0.25) is 0 Å². The number of aromatic nitrogens is 2. The molecule has 0 aliphatic heterocycles. The number of esters is 1. The van der Waals surface area contributed by atoms with Crippen LogP contribution in [0.25, 0.3) is 22.6 Å².